The predicted octanol–water partition coefficient (Wildman–Crippen LogP) is 1.33. The van der Waals surface area contributed by atoms with E-state index in [1.807, 2.05) is 6.08 Å². The molecule has 2 nitrogen and oxygen atoms in total. The Morgan fingerprint density at radius 2 is 2.00 bits per heavy atom. The van der Waals surface area contributed by atoms with E-state index in [4.69, 9.17) is 6.64 Å². The van der Waals surface area contributed by atoms with Gasteiger partial charge in [0, 0.05) is 0 Å². The molecule has 0 amide bonds. The molecule has 0 aromatic carbocycles. The van der Waals surface area contributed by atoms with Gasteiger partial charge in [-0.25, -0.2) is 0 Å². The molecule has 0 saturated carbocycles. The van der Waals surface area contributed by atoms with Gasteiger partial charge in [0.25, 0.3) is 0 Å². The van der Waals surface area contributed by atoms with E-state index in [1.54, 1.807) is 14.2 Å². The van der Waals surface area contributed by atoms with Gasteiger partial charge in [-0.15, -0.1) is 0 Å². The van der Waals surface area contributed by atoms with Crippen LogP contribution in [0.1, 0.15) is 0 Å². The van der Waals surface area contributed by atoms with Gasteiger partial charge < -0.3 is 0 Å². The van der Waals surface area contributed by atoms with Crippen LogP contribution in [-0.4, -0.2) is 14.2 Å². The van der Waals surface area contributed by atoms with Crippen LogP contribution < -0.4 is 0 Å². The summed E-state index contributed by atoms with van der Waals surface area (Å²) in [4.78, 5) is 0. The van der Waals surface area contributed by atoms with Crippen LogP contribution in [0.25, 0.3) is 0 Å². The summed E-state index contributed by atoms with van der Waals surface area (Å²) >= 11 is -1.55. The van der Waals surface area contributed by atoms with Crippen LogP contribution in [0.3, 0.4) is 0 Å². The second-order valence-corrected chi connectivity index (χ2v) is 4.35. The van der Waals surface area contributed by atoms with Gasteiger partial charge in [-0.2, -0.15) is 0 Å². The van der Waals surface area contributed by atoms with Gasteiger partial charge in [0.15, 0.2) is 0 Å². The van der Waals surface area contributed by atoms with Crippen molar-refractivity contribution in [2.75, 3.05) is 14.2 Å². The normalized spacial score (nSPS) is 8.75. The molecule has 3 heteroatoms. The zero-order chi connectivity index (χ0) is 6.41. The third kappa shape index (κ3) is 3.39. The summed E-state index contributed by atoms with van der Waals surface area (Å²) < 4.78 is 10.9. The Morgan fingerprint density at radius 1 is 1.50 bits per heavy atom. The van der Waals surface area contributed by atoms with Crippen molar-refractivity contribution in [3.05, 3.63) is 12.7 Å². The molecule has 0 aliphatic carbocycles. The summed E-state index contributed by atoms with van der Waals surface area (Å²) in [7, 11) is 3.37. The molecule has 8 heavy (non-hydrogen) atoms. The first-order valence-electron chi connectivity index (χ1n) is 2.39. The molecule has 0 aliphatic rings. The van der Waals surface area contributed by atoms with Crippen LogP contribution in [0.15, 0.2) is 12.7 Å². The first-order chi connectivity index (χ1) is 3.85. The molecular weight excluding hydrogens is 140 g/mol. The number of allylic oxidation sites excluding steroid dienone is 1. The van der Waals surface area contributed by atoms with E-state index in [-0.39, 0.29) is 0 Å². The summed E-state index contributed by atoms with van der Waals surface area (Å²) in [5.74, 6) is 0. The molecule has 0 heterocycles. The molecule has 47 valence electrons. The first kappa shape index (κ1) is 8.37. The Balaban J connectivity index is 3.20. The van der Waals surface area contributed by atoms with Gasteiger partial charge in [-0.3, -0.25) is 0 Å². The molecule has 0 aliphatic heterocycles. The molecular formula is C5H11O2Ti. The number of hydrogen-bond donors (Lipinski definition) is 0. The van der Waals surface area contributed by atoms with Crippen molar-refractivity contribution < 1.29 is 25.3 Å². The van der Waals surface area contributed by atoms with E-state index in [1.165, 1.54) is 0 Å². The minimum absolute atomic E-state index is 0.910. The average Bonchev–Trinajstić information content (AvgIpc) is 1.83. The van der Waals surface area contributed by atoms with Gasteiger partial charge >= 0.3 is 56.9 Å². The predicted molar refractivity (Wildman–Crippen MR) is 29.0 cm³/mol. The SMILES string of the molecule is C=C[CH2][Ti]([O]C)[O]C. The van der Waals surface area contributed by atoms with Crippen molar-refractivity contribution in [1.29, 1.82) is 0 Å². The number of rotatable bonds is 4. The molecule has 0 saturated heterocycles. The third-order valence-corrected chi connectivity index (χ3v) is 3.16. The molecule has 0 unspecified atom stereocenters. The molecule has 0 aromatic rings. The molecule has 0 aromatic heterocycles. The maximum absolute atomic E-state index is 5.01. The summed E-state index contributed by atoms with van der Waals surface area (Å²) in [6, 6.07) is 0. The summed E-state index contributed by atoms with van der Waals surface area (Å²) in [6.45, 7) is 3.58. The fraction of sp³-hybridized carbons (Fsp3) is 0.600. The van der Waals surface area contributed by atoms with Crippen LogP contribution in [0.2, 0.25) is 4.73 Å². The van der Waals surface area contributed by atoms with Crippen LogP contribution in [0.5, 0.6) is 0 Å². The van der Waals surface area contributed by atoms with E-state index in [0.29, 0.717) is 0 Å². The van der Waals surface area contributed by atoms with Crippen LogP contribution >= 0.6 is 0 Å². The van der Waals surface area contributed by atoms with Gasteiger partial charge in [-0.1, -0.05) is 0 Å². The molecule has 0 N–H and O–H groups in total. The van der Waals surface area contributed by atoms with E-state index in [2.05, 4.69) is 6.58 Å². The monoisotopic (exact) mass is 151 g/mol. The molecule has 0 fully saturated rings. The average molecular weight is 151 g/mol. The summed E-state index contributed by atoms with van der Waals surface area (Å²) in [5.41, 5.74) is 0. The van der Waals surface area contributed by atoms with E-state index < -0.39 is 18.6 Å². The maximum atomic E-state index is 5.01. The van der Waals surface area contributed by atoms with Gasteiger partial charge in [0.1, 0.15) is 0 Å². The molecule has 0 bridgehead atoms. The molecule has 0 spiro atoms. The van der Waals surface area contributed by atoms with Gasteiger partial charge in [0.2, 0.25) is 0 Å². The van der Waals surface area contributed by atoms with Crippen LogP contribution in [-0.2, 0) is 25.3 Å². The Kier molecular flexibility index (Phi) is 5.77. The van der Waals surface area contributed by atoms with E-state index in [0.717, 1.165) is 4.73 Å². The Bertz CT molecular complexity index is 61.4. The quantitative estimate of drug-likeness (QED) is 0.445. The van der Waals surface area contributed by atoms with Gasteiger partial charge in [0.05, 0.1) is 0 Å². The fourth-order valence-corrected chi connectivity index (χ4v) is 1.52. The van der Waals surface area contributed by atoms with E-state index in [9.17, 15) is 0 Å². The number of hydrogen-bond acceptors (Lipinski definition) is 2. The Labute approximate surface area is 57.3 Å². The van der Waals surface area contributed by atoms with E-state index >= 15 is 0 Å². The van der Waals surface area contributed by atoms with Crippen LogP contribution in [0, 0.1) is 0 Å². The Hall–Kier alpha value is 0.374. The topological polar surface area (TPSA) is 18.5 Å². The molecule has 0 rings (SSSR count). The fourth-order valence-electron chi connectivity index (χ4n) is 0.368. The Morgan fingerprint density at radius 3 is 2.12 bits per heavy atom. The third-order valence-electron chi connectivity index (χ3n) is 0.766. The van der Waals surface area contributed by atoms with Crippen LogP contribution in [0.4, 0.5) is 0 Å². The second kappa shape index (κ2) is 5.51. The van der Waals surface area contributed by atoms with Crippen molar-refractivity contribution in [3.63, 3.8) is 0 Å². The molecule has 0 atom stereocenters. The van der Waals surface area contributed by atoms with Crippen molar-refractivity contribution in [1.82, 2.24) is 0 Å². The standard InChI is InChI=1S/C3H5.2CH3O.Ti/c1-3-2;2*1-2;/h3H,1-2H2;2*1H3;/q;2*-1;+2. The van der Waals surface area contributed by atoms with Crippen molar-refractivity contribution in [2.45, 2.75) is 4.73 Å². The minimum atomic E-state index is -1.55. The van der Waals surface area contributed by atoms with Crippen molar-refractivity contribution >= 4 is 0 Å². The van der Waals surface area contributed by atoms with Gasteiger partial charge in [-0.05, 0) is 0 Å². The van der Waals surface area contributed by atoms with Crippen molar-refractivity contribution in [2.24, 2.45) is 0 Å². The van der Waals surface area contributed by atoms with Crippen molar-refractivity contribution in [3.8, 4) is 0 Å². The zero-order valence-corrected chi connectivity index (χ0v) is 6.87. The summed E-state index contributed by atoms with van der Waals surface area (Å²) in [6.07, 6.45) is 1.84. The summed E-state index contributed by atoms with van der Waals surface area (Å²) in [5, 5.41) is 0. The first-order valence-corrected chi connectivity index (χ1v) is 4.77. The second-order valence-electron chi connectivity index (χ2n) is 1.27. The molecule has 0 radical (unpaired) electrons. The zero-order valence-electron chi connectivity index (χ0n) is 5.31.